The van der Waals surface area contributed by atoms with E-state index in [-0.39, 0.29) is 10.7 Å². The van der Waals surface area contributed by atoms with E-state index in [1.54, 1.807) is 0 Å². The van der Waals surface area contributed by atoms with E-state index < -0.39 is 5.97 Å². The largest absolute Gasteiger partial charge is 0.478 e. The zero-order valence-electron chi connectivity index (χ0n) is 10.5. The number of halogens is 1. The maximum Gasteiger partial charge on any atom is 0.335 e. The Labute approximate surface area is 111 Å². The molecule has 18 heavy (non-hydrogen) atoms. The third-order valence-corrected chi connectivity index (χ3v) is 3.56. The molecular weight excluding hydrogens is 252 g/mol. The molecule has 1 unspecified atom stereocenters. The number of rotatable bonds is 3. The average molecular weight is 269 g/mol. The summed E-state index contributed by atoms with van der Waals surface area (Å²) in [5, 5.41) is 12.4. The fraction of sp³-hybridized carbons (Fsp3) is 0.538. The van der Waals surface area contributed by atoms with Crippen LogP contribution in [0.25, 0.3) is 0 Å². The monoisotopic (exact) mass is 268 g/mol. The molecule has 1 aliphatic rings. The van der Waals surface area contributed by atoms with Crippen LogP contribution in [0.3, 0.4) is 0 Å². The Hall–Kier alpha value is -1.29. The van der Waals surface area contributed by atoms with Crippen LogP contribution in [0.2, 0.25) is 5.15 Å². The number of anilines is 1. The summed E-state index contributed by atoms with van der Waals surface area (Å²) in [4.78, 5) is 15.0. The molecule has 1 heterocycles. The van der Waals surface area contributed by atoms with Gasteiger partial charge in [0.2, 0.25) is 0 Å². The smallest absolute Gasteiger partial charge is 0.335 e. The van der Waals surface area contributed by atoms with Crippen molar-refractivity contribution in [3.8, 4) is 0 Å². The highest BCUT2D eigenvalue weighted by molar-refractivity contribution is 6.29. The van der Waals surface area contributed by atoms with Gasteiger partial charge < -0.3 is 10.4 Å². The highest BCUT2D eigenvalue weighted by Crippen LogP contribution is 2.38. The fourth-order valence-electron chi connectivity index (χ4n) is 2.46. The Morgan fingerprint density at radius 3 is 2.83 bits per heavy atom. The number of hydrogen-bond acceptors (Lipinski definition) is 3. The third kappa shape index (κ3) is 3.13. The summed E-state index contributed by atoms with van der Waals surface area (Å²) in [5.41, 5.74) is 0.501. The molecule has 1 fully saturated rings. The quantitative estimate of drug-likeness (QED) is 0.825. The minimum absolute atomic E-state index is 0.162. The lowest BCUT2D eigenvalue weighted by Gasteiger charge is -2.18. The summed E-state index contributed by atoms with van der Waals surface area (Å²) in [6.07, 6.45) is 3.30. The lowest BCUT2D eigenvalue weighted by molar-refractivity contribution is 0.0697. The lowest BCUT2D eigenvalue weighted by atomic mass is 9.92. The standard InChI is InChI=1S/C13H17ClN2O2/c1-13(2)4-3-9(7-13)15-11-6-8(12(17)18)5-10(14)16-11/h5-6,9H,3-4,7H2,1-2H3,(H,15,16)(H,17,18). The summed E-state index contributed by atoms with van der Waals surface area (Å²) in [7, 11) is 0. The summed E-state index contributed by atoms with van der Waals surface area (Å²) < 4.78 is 0. The van der Waals surface area contributed by atoms with Gasteiger partial charge in [-0.3, -0.25) is 0 Å². The van der Waals surface area contributed by atoms with E-state index in [0.29, 0.717) is 17.3 Å². The van der Waals surface area contributed by atoms with Gasteiger partial charge in [0, 0.05) is 6.04 Å². The molecular formula is C13H17ClN2O2. The van der Waals surface area contributed by atoms with Crippen molar-refractivity contribution in [2.24, 2.45) is 5.41 Å². The van der Waals surface area contributed by atoms with Crippen molar-refractivity contribution >= 4 is 23.4 Å². The van der Waals surface area contributed by atoms with E-state index in [2.05, 4.69) is 24.1 Å². The zero-order valence-corrected chi connectivity index (χ0v) is 11.3. The lowest BCUT2D eigenvalue weighted by Crippen LogP contribution is -2.18. The van der Waals surface area contributed by atoms with Gasteiger partial charge in [0.1, 0.15) is 11.0 Å². The van der Waals surface area contributed by atoms with Crippen molar-refractivity contribution < 1.29 is 9.90 Å². The van der Waals surface area contributed by atoms with Crippen LogP contribution < -0.4 is 5.32 Å². The van der Waals surface area contributed by atoms with Gasteiger partial charge >= 0.3 is 5.97 Å². The van der Waals surface area contributed by atoms with Gasteiger partial charge in [0.15, 0.2) is 0 Å². The first-order chi connectivity index (χ1) is 8.35. The number of hydrogen-bond donors (Lipinski definition) is 2. The molecule has 0 radical (unpaired) electrons. The topological polar surface area (TPSA) is 62.2 Å². The second-order valence-corrected chi connectivity index (χ2v) is 6.00. The summed E-state index contributed by atoms with van der Waals surface area (Å²) in [6.45, 7) is 4.48. The predicted octanol–water partition coefficient (Wildman–Crippen LogP) is 3.42. The first-order valence-corrected chi connectivity index (χ1v) is 6.41. The first kappa shape index (κ1) is 13.1. The van der Waals surface area contributed by atoms with Crippen molar-refractivity contribution in [1.82, 2.24) is 4.98 Å². The Morgan fingerprint density at radius 2 is 2.28 bits per heavy atom. The molecule has 1 saturated carbocycles. The minimum Gasteiger partial charge on any atom is -0.478 e. The Balaban J connectivity index is 2.12. The van der Waals surface area contributed by atoms with Gasteiger partial charge in [-0.1, -0.05) is 25.4 Å². The van der Waals surface area contributed by atoms with Gasteiger partial charge in [-0.05, 0) is 36.8 Å². The molecule has 0 aromatic carbocycles. The number of carboxylic acids is 1. The number of carbonyl (C=O) groups is 1. The van der Waals surface area contributed by atoms with E-state index in [1.165, 1.54) is 12.1 Å². The number of nitrogens with zero attached hydrogens (tertiary/aromatic N) is 1. The summed E-state index contributed by atoms with van der Waals surface area (Å²) in [6, 6.07) is 3.22. The highest BCUT2D eigenvalue weighted by Gasteiger charge is 2.31. The van der Waals surface area contributed by atoms with Gasteiger partial charge in [-0.25, -0.2) is 9.78 Å². The predicted molar refractivity (Wildman–Crippen MR) is 71.2 cm³/mol. The van der Waals surface area contributed by atoms with Crippen LogP contribution in [-0.4, -0.2) is 22.1 Å². The highest BCUT2D eigenvalue weighted by atomic mass is 35.5. The normalized spacial score (nSPS) is 21.8. The molecule has 2 N–H and O–H groups in total. The summed E-state index contributed by atoms with van der Waals surface area (Å²) in [5.74, 6) is -0.447. The SMILES string of the molecule is CC1(C)CCC(Nc2cc(C(=O)O)cc(Cl)n2)C1. The van der Waals surface area contributed by atoms with E-state index in [9.17, 15) is 4.79 Å². The number of carboxylic acid groups (broad SMARTS) is 1. The minimum atomic E-state index is -0.992. The second-order valence-electron chi connectivity index (χ2n) is 5.62. The molecule has 5 heteroatoms. The van der Waals surface area contributed by atoms with Crippen LogP contribution in [0.1, 0.15) is 43.5 Å². The van der Waals surface area contributed by atoms with Gasteiger partial charge in [-0.15, -0.1) is 0 Å². The molecule has 4 nitrogen and oxygen atoms in total. The number of aromatic carboxylic acids is 1. The molecule has 0 bridgehead atoms. The molecule has 1 atom stereocenters. The maximum absolute atomic E-state index is 10.9. The van der Waals surface area contributed by atoms with Crippen LogP contribution in [0, 0.1) is 5.41 Å². The van der Waals surface area contributed by atoms with Gasteiger partial charge in [0.25, 0.3) is 0 Å². The maximum atomic E-state index is 10.9. The average Bonchev–Trinajstić information content (AvgIpc) is 2.57. The number of nitrogens with one attached hydrogen (secondary N) is 1. The molecule has 2 rings (SSSR count). The molecule has 1 aliphatic carbocycles. The molecule has 1 aromatic heterocycles. The Kier molecular flexibility index (Phi) is 3.48. The van der Waals surface area contributed by atoms with Crippen LogP contribution in [-0.2, 0) is 0 Å². The van der Waals surface area contributed by atoms with Crippen molar-refractivity contribution in [2.45, 2.75) is 39.2 Å². The Morgan fingerprint density at radius 1 is 1.56 bits per heavy atom. The van der Waals surface area contributed by atoms with Crippen LogP contribution in [0.15, 0.2) is 12.1 Å². The number of aromatic nitrogens is 1. The van der Waals surface area contributed by atoms with Crippen LogP contribution >= 0.6 is 11.6 Å². The van der Waals surface area contributed by atoms with E-state index in [1.807, 2.05) is 0 Å². The van der Waals surface area contributed by atoms with Crippen molar-refractivity contribution in [3.63, 3.8) is 0 Å². The fourth-order valence-corrected chi connectivity index (χ4v) is 2.67. The molecule has 0 amide bonds. The molecule has 0 saturated heterocycles. The molecule has 98 valence electrons. The third-order valence-electron chi connectivity index (χ3n) is 3.36. The van der Waals surface area contributed by atoms with Crippen LogP contribution in [0.5, 0.6) is 0 Å². The Bertz CT molecular complexity index is 474. The van der Waals surface area contributed by atoms with Gasteiger partial charge in [0.05, 0.1) is 5.56 Å². The molecule has 0 aliphatic heterocycles. The van der Waals surface area contributed by atoms with E-state index in [4.69, 9.17) is 16.7 Å². The van der Waals surface area contributed by atoms with Crippen LogP contribution in [0.4, 0.5) is 5.82 Å². The van der Waals surface area contributed by atoms with Crippen molar-refractivity contribution in [1.29, 1.82) is 0 Å². The second kappa shape index (κ2) is 4.76. The van der Waals surface area contributed by atoms with Crippen molar-refractivity contribution in [3.05, 3.63) is 22.8 Å². The first-order valence-electron chi connectivity index (χ1n) is 6.03. The molecule has 1 aromatic rings. The number of pyridine rings is 1. The van der Waals surface area contributed by atoms with E-state index >= 15 is 0 Å². The molecule has 0 spiro atoms. The summed E-state index contributed by atoms with van der Waals surface area (Å²) >= 11 is 5.82. The van der Waals surface area contributed by atoms with Crippen molar-refractivity contribution in [2.75, 3.05) is 5.32 Å². The van der Waals surface area contributed by atoms with E-state index in [0.717, 1.165) is 19.3 Å². The zero-order chi connectivity index (χ0) is 13.3. The van der Waals surface area contributed by atoms with Gasteiger partial charge in [-0.2, -0.15) is 0 Å².